The SMILES string of the molecule is Cc1nc(NCC2(CN3CCN(C)CC3)CC2)c(Cl)c(=O)[nH]1. The summed E-state index contributed by atoms with van der Waals surface area (Å²) in [4.78, 5) is 23.5. The summed E-state index contributed by atoms with van der Waals surface area (Å²) < 4.78 is 0. The van der Waals surface area contributed by atoms with Crippen molar-refractivity contribution in [1.29, 1.82) is 0 Å². The minimum atomic E-state index is -0.277. The smallest absolute Gasteiger partial charge is 0.271 e. The third kappa shape index (κ3) is 3.62. The van der Waals surface area contributed by atoms with E-state index in [1.165, 1.54) is 12.8 Å². The topological polar surface area (TPSA) is 64.3 Å². The molecule has 122 valence electrons. The first-order valence-corrected chi connectivity index (χ1v) is 8.26. The molecule has 1 aliphatic carbocycles. The number of rotatable bonds is 5. The minimum Gasteiger partial charge on any atom is -0.368 e. The van der Waals surface area contributed by atoms with Gasteiger partial charge in [0, 0.05) is 44.7 Å². The molecule has 1 saturated carbocycles. The summed E-state index contributed by atoms with van der Waals surface area (Å²) in [7, 11) is 2.18. The van der Waals surface area contributed by atoms with Crippen LogP contribution in [0.3, 0.4) is 0 Å². The minimum absolute atomic E-state index is 0.154. The maximum Gasteiger partial charge on any atom is 0.271 e. The fourth-order valence-corrected chi connectivity index (χ4v) is 3.16. The van der Waals surface area contributed by atoms with Crippen LogP contribution in [0.15, 0.2) is 4.79 Å². The second kappa shape index (κ2) is 6.18. The first-order valence-electron chi connectivity index (χ1n) is 7.89. The van der Waals surface area contributed by atoms with E-state index in [9.17, 15) is 4.79 Å². The van der Waals surface area contributed by atoms with E-state index in [1.807, 2.05) is 0 Å². The van der Waals surface area contributed by atoms with Crippen molar-refractivity contribution in [2.45, 2.75) is 19.8 Å². The van der Waals surface area contributed by atoms with E-state index in [0.717, 1.165) is 39.3 Å². The van der Waals surface area contributed by atoms with Crippen molar-refractivity contribution < 1.29 is 0 Å². The third-order valence-electron chi connectivity index (χ3n) is 4.72. The Morgan fingerprint density at radius 3 is 2.64 bits per heavy atom. The highest BCUT2D eigenvalue weighted by molar-refractivity contribution is 6.32. The Labute approximate surface area is 135 Å². The number of nitrogens with zero attached hydrogens (tertiary/aromatic N) is 3. The molecule has 22 heavy (non-hydrogen) atoms. The first-order chi connectivity index (χ1) is 10.5. The Bertz CT molecular complexity index is 590. The lowest BCUT2D eigenvalue weighted by Crippen LogP contribution is -2.47. The molecule has 0 amide bonds. The predicted octanol–water partition coefficient (Wildman–Crippen LogP) is 1.17. The Morgan fingerprint density at radius 1 is 1.32 bits per heavy atom. The fraction of sp³-hybridized carbons (Fsp3) is 0.733. The molecule has 2 N–H and O–H groups in total. The van der Waals surface area contributed by atoms with Crippen molar-refractivity contribution in [3.05, 3.63) is 21.2 Å². The van der Waals surface area contributed by atoms with E-state index in [0.29, 0.717) is 17.1 Å². The summed E-state index contributed by atoms with van der Waals surface area (Å²) in [5, 5.41) is 3.45. The van der Waals surface area contributed by atoms with Crippen LogP contribution >= 0.6 is 11.6 Å². The predicted molar refractivity (Wildman–Crippen MR) is 88.7 cm³/mol. The summed E-state index contributed by atoms with van der Waals surface area (Å²) >= 11 is 6.04. The van der Waals surface area contributed by atoms with E-state index >= 15 is 0 Å². The van der Waals surface area contributed by atoms with Crippen molar-refractivity contribution in [1.82, 2.24) is 19.8 Å². The van der Waals surface area contributed by atoms with E-state index in [1.54, 1.807) is 6.92 Å². The molecule has 1 aliphatic heterocycles. The molecule has 2 heterocycles. The summed E-state index contributed by atoms with van der Waals surface area (Å²) in [6, 6.07) is 0. The molecule has 0 bridgehead atoms. The summed E-state index contributed by atoms with van der Waals surface area (Å²) in [5.74, 6) is 1.09. The van der Waals surface area contributed by atoms with Crippen LogP contribution in [0.5, 0.6) is 0 Å². The second-order valence-electron chi connectivity index (χ2n) is 6.75. The van der Waals surface area contributed by atoms with Gasteiger partial charge in [-0.15, -0.1) is 0 Å². The monoisotopic (exact) mass is 325 g/mol. The maximum absolute atomic E-state index is 11.7. The van der Waals surface area contributed by atoms with E-state index in [-0.39, 0.29) is 10.6 Å². The van der Waals surface area contributed by atoms with Crippen LogP contribution in [-0.4, -0.2) is 66.1 Å². The zero-order valence-electron chi connectivity index (χ0n) is 13.3. The lowest BCUT2D eigenvalue weighted by molar-refractivity contribution is 0.133. The Hall–Kier alpha value is -1.11. The fourth-order valence-electron chi connectivity index (χ4n) is 3.01. The van der Waals surface area contributed by atoms with E-state index in [4.69, 9.17) is 11.6 Å². The number of aryl methyl sites for hydroxylation is 1. The van der Waals surface area contributed by atoms with Gasteiger partial charge in [0.25, 0.3) is 5.56 Å². The van der Waals surface area contributed by atoms with Gasteiger partial charge in [-0.3, -0.25) is 4.79 Å². The lowest BCUT2D eigenvalue weighted by Gasteiger charge is -2.35. The van der Waals surface area contributed by atoms with Gasteiger partial charge in [0.1, 0.15) is 10.8 Å². The van der Waals surface area contributed by atoms with Gasteiger partial charge in [0.15, 0.2) is 5.82 Å². The molecular weight excluding hydrogens is 302 g/mol. The van der Waals surface area contributed by atoms with Gasteiger partial charge in [0.2, 0.25) is 0 Å². The molecule has 2 fully saturated rings. The number of piperazine rings is 1. The number of hydrogen-bond acceptors (Lipinski definition) is 5. The molecule has 1 aromatic rings. The zero-order chi connectivity index (χ0) is 15.7. The first kappa shape index (κ1) is 15.8. The molecule has 1 saturated heterocycles. The molecule has 0 radical (unpaired) electrons. The zero-order valence-corrected chi connectivity index (χ0v) is 14.0. The van der Waals surface area contributed by atoms with Crippen molar-refractivity contribution in [2.75, 3.05) is 51.6 Å². The van der Waals surface area contributed by atoms with Crippen LogP contribution in [-0.2, 0) is 0 Å². The molecule has 0 atom stereocenters. The molecule has 0 aromatic carbocycles. The van der Waals surface area contributed by atoms with Gasteiger partial charge in [-0.05, 0) is 26.8 Å². The summed E-state index contributed by atoms with van der Waals surface area (Å²) in [5.41, 5.74) is 0.0397. The number of H-pyrrole nitrogens is 1. The van der Waals surface area contributed by atoms with E-state index in [2.05, 4.69) is 32.1 Å². The number of nitrogens with one attached hydrogen (secondary N) is 2. The number of hydrogen-bond donors (Lipinski definition) is 2. The van der Waals surface area contributed by atoms with Crippen molar-refractivity contribution in [3.8, 4) is 0 Å². The molecule has 7 heteroatoms. The van der Waals surface area contributed by atoms with Crippen molar-refractivity contribution in [2.24, 2.45) is 5.41 Å². The molecule has 2 aliphatic rings. The normalized spacial score (nSPS) is 21.8. The Kier molecular flexibility index (Phi) is 4.43. The van der Waals surface area contributed by atoms with Crippen LogP contribution in [0.4, 0.5) is 5.82 Å². The van der Waals surface area contributed by atoms with Crippen LogP contribution in [0, 0.1) is 12.3 Å². The lowest BCUT2D eigenvalue weighted by atomic mass is 10.1. The van der Waals surface area contributed by atoms with Crippen LogP contribution in [0.2, 0.25) is 5.02 Å². The molecule has 6 nitrogen and oxygen atoms in total. The Morgan fingerprint density at radius 2 is 2.00 bits per heavy atom. The largest absolute Gasteiger partial charge is 0.368 e. The quantitative estimate of drug-likeness (QED) is 0.851. The van der Waals surface area contributed by atoms with Crippen LogP contribution in [0.25, 0.3) is 0 Å². The van der Waals surface area contributed by atoms with Gasteiger partial charge in [0.05, 0.1) is 0 Å². The van der Waals surface area contributed by atoms with Gasteiger partial charge in [-0.1, -0.05) is 11.6 Å². The number of aromatic amines is 1. The molecule has 1 aromatic heterocycles. The van der Waals surface area contributed by atoms with Crippen LogP contribution < -0.4 is 10.9 Å². The van der Waals surface area contributed by atoms with Crippen LogP contribution in [0.1, 0.15) is 18.7 Å². The molecular formula is C15H24ClN5O. The van der Waals surface area contributed by atoms with Crippen molar-refractivity contribution >= 4 is 17.4 Å². The number of halogens is 1. The Balaban J connectivity index is 1.58. The molecule has 0 unspecified atom stereocenters. The molecule has 3 rings (SSSR count). The van der Waals surface area contributed by atoms with Crippen molar-refractivity contribution in [3.63, 3.8) is 0 Å². The van der Waals surface area contributed by atoms with Gasteiger partial charge < -0.3 is 20.1 Å². The summed E-state index contributed by atoms with van der Waals surface area (Å²) in [6.45, 7) is 8.28. The highest BCUT2D eigenvalue weighted by atomic mass is 35.5. The third-order valence-corrected chi connectivity index (χ3v) is 5.07. The van der Waals surface area contributed by atoms with Gasteiger partial charge in [-0.2, -0.15) is 0 Å². The standard InChI is InChI=1S/C15H24ClN5O/c1-11-18-13(12(16)14(22)19-11)17-9-15(3-4-15)10-21-7-5-20(2)6-8-21/h3-10H2,1-2H3,(H2,17,18,19,22). The second-order valence-corrected chi connectivity index (χ2v) is 7.12. The highest BCUT2D eigenvalue weighted by Gasteiger charge is 2.44. The number of aromatic nitrogens is 2. The highest BCUT2D eigenvalue weighted by Crippen LogP contribution is 2.46. The molecule has 0 spiro atoms. The number of likely N-dealkylation sites (N-methyl/N-ethyl adjacent to an activating group) is 1. The van der Waals surface area contributed by atoms with Gasteiger partial charge in [-0.25, -0.2) is 4.98 Å². The average molecular weight is 326 g/mol. The maximum atomic E-state index is 11.7. The summed E-state index contributed by atoms with van der Waals surface area (Å²) in [6.07, 6.45) is 2.46. The van der Waals surface area contributed by atoms with E-state index < -0.39 is 0 Å². The average Bonchev–Trinajstić information content (AvgIpc) is 3.24. The number of anilines is 1. The van der Waals surface area contributed by atoms with Gasteiger partial charge >= 0.3 is 0 Å².